The van der Waals surface area contributed by atoms with Crippen molar-refractivity contribution in [3.63, 3.8) is 0 Å². The van der Waals surface area contributed by atoms with Crippen molar-refractivity contribution in [1.29, 1.82) is 0 Å². The molecule has 2 saturated heterocycles. The Balaban J connectivity index is 1.34. The summed E-state index contributed by atoms with van der Waals surface area (Å²) in [5.41, 5.74) is 0.0301. The van der Waals surface area contributed by atoms with Gasteiger partial charge in [0.15, 0.2) is 0 Å². The van der Waals surface area contributed by atoms with E-state index in [9.17, 15) is 23.2 Å². The molecule has 1 aliphatic carbocycles. The molecule has 3 fully saturated rings. The molecule has 3 aliphatic rings. The molecule has 2 N–H and O–H groups in total. The quantitative estimate of drug-likeness (QED) is 0.748. The standard InChI is InChI=1S/C20H23F2N3O4/c1-10-4-13(5-10)29-20(28)23-11-8-25(9-11)12-6-15(21)18(16(22)7-12)14-2-3-17(26)24-19(14)27/h6-7,10-11,13-14H,2-5,8-9H2,1H3,(H,23,28)(H,24,26,27). The van der Waals surface area contributed by atoms with Gasteiger partial charge in [-0.05, 0) is 37.3 Å². The molecule has 1 aromatic rings. The number of amides is 3. The van der Waals surface area contributed by atoms with E-state index in [1.165, 1.54) is 12.1 Å². The largest absolute Gasteiger partial charge is 0.446 e. The van der Waals surface area contributed by atoms with E-state index in [0.29, 0.717) is 24.7 Å². The Hall–Kier alpha value is -2.71. The Labute approximate surface area is 166 Å². The molecule has 1 saturated carbocycles. The number of alkyl carbamates (subject to hydrolysis) is 1. The maximum atomic E-state index is 14.6. The number of nitrogens with one attached hydrogen (secondary N) is 2. The number of halogens is 2. The SMILES string of the molecule is CC1CC(OC(=O)NC2CN(c3cc(F)c(C4CCC(=O)NC4=O)c(F)c3)C2)C1. The second kappa shape index (κ2) is 7.61. The molecular formula is C20H23F2N3O4. The second-order valence-corrected chi connectivity index (χ2v) is 8.18. The Morgan fingerprint density at radius 3 is 2.45 bits per heavy atom. The first-order valence-corrected chi connectivity index (χ1v) is 9.85. The summed E-state index contributed by atoms with van der Waals surface area (Å²) in [6.07, 6.45) is 1.40. The van der Waals surface area contributed by atoms with Crippen LogP contribution in [0.15, 0.2) is 12.1 Å². The van der Waals surface area contributed by atoms with Gasteiger partial charge in [0.25, 0.3) is 0 Å². The summed E-state index contributed by atoms with van der Waals surface area (Å²) in [4.78, 5) is 36.8. The Morgan fingerprint density at radius 2 is 1.86 bits per heavy atom. The minimum Gasteiger partial charge on any atom is -0.446 e. The first kappa shape index (κ1) is 19.6. The zero-order chi connectivity index (χ0) is 20.7. The van der Waals surface area contributed by atoms with Crippen molar-refractivity contribution < 1.29 is 27.9 Å². The summed E-state index contributed by atoms with van der Waals surface area (Å²) in [6.45, 7) is 2.92. The smallest absolute Gasteiger partial charge is 0.407 e. The fraction of sp³-hybridized carbons (Fsp3) is 0.550. The third kappa shape index (κ3) is 4.04. The number of carbonyl (C=O) groups excluding carboxylic acids is 3. The summed E-state index contributed by atoms with van der Waals surface area (Å²) in [5.74, 6) is -3.18. The van der Waals surface area contributed by atoms with Crippen molar-refractivity contribution in [2.24, 2.45) is 5.92 Å². The van der Waals surface area contributed by atoms with Crippen LogP contribution in [0.3, 0.4) is 0 Å². The van der Waals surface area contributed by atoms with Crippen LogP contribution in [0.4, 0.5) is 19.3 Å². The van der Waals surface area contributed by atoms with Gasteiger partial charge < -0.3 is 15.0 Å². The molecule has 156 valence electrons. The summed E-state index contributed by atoms with van der Waals surface area (Å²) in [5, 5.41) is 4.87. The normalized spacial score (nSPS) is 27.0. The van der Waals surface area contributed by atoms with E-state index in [0.717, 1.165) is 12.8 Å². The number of hydrogen-bond donors (Lipinski definition) is 2. The Morgan fingerprint density at radius 1 is 1.21 bits per heavy atom. The van der Waals surface area contributed by atoms with E-state index < -0.39 is 35.5 Å². The van der Waals surface area contributed by atoms with E-state index in [1.807, 2.05) is 0 Å². The van der Waals surface area contributed by atoms with Crippen LogP contribution >= 0.6 is 0 Å². The van der Waals surface area contributed by atoms with Crippen molar-refractivity contribution in [2.45, 2.75) is 50.7 Å². The topological polar surface area (TPSA) is 87.7 Å². The Bertz CT molecular complexity index is 827. The summed E-state index contributed by atoms with van der Waals surface area (Å²) >= 11 is 0. The highest BCUT2D eigenvalue weighted by molar-refractivity contribution is 6.01. The molecule has 2 aliphatic heterocycles. The summed E-state index contributed by atoms with van der Waals surface area (Å²) < 4.78 is 34.5. The van der Waals surface area contributed by atoms with Crippen LogP contribution in [0.2, 0.25) is 0 Å². The van der Waals surface area contributed by atoms with E-state index in [-0.39, 0.29) is 30.6 Å². The number of piperidine rings is 1. The van der Waals surface area contributed by atoms with Crippen LogP contribution in [0.25, 0.3) is 0 Å². The van der Waals surface area contributed by atoms with Gasteiger partial charge in [-0.25, -0.2) is 13.6 Å². The highest BCUT2D eigenvalue weighted by Crippen LogP contribution is 2.33. The van der Waals surface area contributed by atoms with Crippen LogP contribution in [0.5, 0.6) is 0 Å². The lowest BCUT2D eigenvalue weighted by Crippen LogP contribution is -2.60. The zero-order valence-corrected chi connectivity index (χ0v) is 16.0. The third-order valence-electron chi connectivity index (χ3n) is 5.82. The first-order chi connectivity index (χ1) is 13.8. The highest BCUT2D eigenvalue weighted by atomic mass is 19.1. The average molecular weight is 407 g/mol. The molecule has 4 rings (SSSR count). The van der Waals surface area contributed by atoms with Gasteiger partial charge in [0.1, 0.15) is 17.7 Å². The maximum absolute atomic E-state index is 14.6. The third-order valence-corrected chi connectivity index (χ3v) is 5.82. The molecule has 1 atom stereocenters. The lowest BCUT2D eigenvalue weighted by Gasteiger charge is -2.41. The molecule has 9 heteroatoms. The molecule has 1 unspecified atom stereocenters. The van der Waals surface area contributed by atoms with Gasteiger partial charge in [-0.2, -0.15) is 0 Å². The molecule has 2 heterocycles. The molecule has 0 spiro atoms. The van der Waals surface area contributed by atoms with Crippen molar-refractivity contribution in [2.75, 3.05) is 18.0 Å². The van der Waals surface area contributed by atoms with Crippen LogP contribution in [-0.2, 0) is 14.3 Å². The molecule has 0 aromatic heterocycles. The van der Waals surface area contributed by atoms with Crippen molar-refractivity contribution in [1.82, 2.24) is 10.6 Å². The van der Waals surface area contributed by atoms with Crippen molar-refractivity contribution in [3.8, 4) is 0 Å². The Kier molecular flexibility index (Phi) is 5.14. The van der Waals surface area contributed by atoms with E-state index >= 15 is 0 Å². The van der Waals surface area contributed by atoms with E-state index in [2.05, 4.69) is 17.6 Å². The monoisotopic (exact) mass is 407 g/mol. The number of ether oxygens (including phenoxy) is 1. The van der Waals surface area contributed by atoms with Crippen molar-refractivity contribution in [3.05, 3.63) is 29.3 Å². The van der Waals surface area contributed by atoms with Gasteiger partial charge in [-0.3, -0.25) is 14.9 Å². The van der Waals surface area contributed by atoms with Crippen LogP contribution in [0, 0.1) is 17.6 Å². The minimum absolute atomic E-state index is 0.0239. The van der Waals surface area contributed by atoms with Crippen LogP contribution in [-0.4, -0.2) is 43.1 Å². The lowest BCUT2D eigenvalue weighted by molar-refractivity contribution is -0.134. The number of rotatable bonds is 4. The second-order valence-electron chi connectivity index (χ2n) is 8.18. The summed E-state index contributed by atoms with van der Waals surface area (Å²) in [7, 11) is 0. The van der Waals surface area contributed by atoms with Gasteiger partial charge >= 0.3 is 6.09 Å². The molecule has 0 bridgehead atoms. The van der Waals surface area contributed by atoms with Crippen LogP contribution in [0.1, 0.15) is 44.1 Å². The van der Waals surface area contributed by atoms with Crippen LogP contribution < -0.4 is 15.5 Å². The predicted octanol–water partition coefficient (Wildman–Crippen LogP) is 2.20. The highest BCUT2D eigenvalue weighted by Gasteiger charge is 2.35. The fourth-order valence-electron chi connectivity index (χ4n) is 4.11. The van der Waals surface area contributed by atoms with Gasteiger partial charge in [0, 0.05) is 30.8 Å². The number of carbonyl (C=O) groups is 3. The van der Waals surface area contributed by atoms with Gasteiger partial charge in [-0.1, -0.05) is 6.92 Å². The zero-order valence-electron chi connectivity index (χ0n) is 16.0. The average Bonchev–Trinajstić information content (AvgIpc) is 2.57. The minimum atomic E-state index is -1.02. The maximum Gasteiger partial charge on any atom is 0.407 e. The fourth-order valence-corrected chi connectivity index (χ4v) is 4.11. The first-order valence-electron chi connectivity index (χ1n) is 9.85. The molecule has 0 radical (unpaired) electrons. The van der Waals surface area contributed by atoms with E-state index in [4.69, 9.17) is 4.74 Å². The van der Waals surface area contributed by atoms with Gasteiger partial charge in [0.2, 0.25) is 11.8 Å². The predicted molar refractivity (Wildman–Crippen MR) is 99.3 cm³/mol. The molecule has 1 aromatic carbocycles. The number of imide groups is 1. The number of anilines is 1. The summed E-state index contributed by atoms with van der Waals surface area (Å²) in [6, 6.07) is 2.22. The molecular weight excluding hydrogens is 384 g/mol. The number of nitrogens with zero attached hydrogens (tertiary/aromatic N) is 1. The van der Waals surface area contributed by atoms with Gasteiger partial charge in [0.05, 0.1) is 12.0 Å². The molecule has 7 nitrogen and oxygen atoms in total. The molecule has 3 amide bonds. The van der Waals surface area contributed by atoms with Crippen molar-refractivity contribution >= 4 is 23.6 Å². The number of benzene rings is 1. The lowest BCUT2D eigenvalue weighted by atomic mass is 9.84. The van der Waals surface area contributed by atoms with E-state index in [1.54, 1.807) is 4.90 Å². The van der Waals surface area contributed by atoms with Gasteiger partial charge in [-0.15, -0.1) is 0 Å². The number of hydrogen-bond acceptors (Lipinski definition) is 5. The molecule has 29 heavy (non-hydrogen) atoms.